The fourth-order valence-electron chi connectivity index (χ4n) is 3.84. The highest BCUT2D eigenvalue weighted by Gasteiger charge is 2.25. The molecule has 11 heteroatoms. The molecule has 2 amide bonds. The number of nitrogens with zero attached hydrogens (tertiary/aromatic N) is 6. The minimum absolute atomic E-state index is 0.143. The van der Waals surface area contributed by atoms with Gasteiger partial charge in [0.05, 0.1) is 16.8 Å². The number of fused-ring (bicyclic) bond motifs is 1. The van der Waals surface area contributed by atoms with E-state index >= 15 is 0 Å². The number of hydrogen-bond acceptors (Lipinski definition) is 7. The summed E-state index contributed by atoms with van der Waals surface area (Å²) in [4.78, 5) is 38.0. The lowest BCUT2D eigenvalue weighted by atomic mass is 10.0. The molecule has 4 heterocycles. The van der Waals surface area contributed by atoms with E-state index in [-0.39, 0.29) is 30.1 Å². The summed E-state index contributed by atoms with van der Waals surface area (Å²) < 4.78 is 2.78. The third-order valence-electron chi connectivity index (χ3n) is 5.51. The Balaban J connectivity index is 1.78. The van der Waals surface area contributed by atoms with Crippen molar-refractivity contribution in [3.05, 3.63) is 76.7 Å². The number of hydrazone groups is 2. The van der Waals surface area contributed by atoms with Gasteiger partial charge in [-0.2, -0.15) is 25.1 Å². The first-order valence-electron chi connectivity index (χ1n) is 11.3. The number of nitrogens with one attached hydrogen (secondary N) is 2. The summed E-state index contributed by atoms with van der Waals surface area (Å²) in [7, 11) is 0. The first kappa shape index (κ1) is 22.8. The van der Waals surface area contributed by atoms with E-state index < -0.39 is 11.5 Å². The highest BCUT2D eigenvalue weighted by atomic mass is 16.2. The van der Waals surface area contributed by atoms with Crippen LogP contribution in [0.25, 0.3) is 28.0 Å². The lowest BCUT2D eigenvalue weighted by molar-refractivity contribution is -0.121. The van der Waals surface area contributed by atoms with Crippen LogP contribution in [-0.2, 0) is 4.79 Å². The van der Waals surface area contributed by atoms with E-state index in [4.69, 9.17) is 5.10 Å². The van der Waals surface area contributed by atoms with E-state index in [2.05, 4.69) is 26.2 Å². The fourth-order valence-corrected chi connectivity index (χ4v) is 3.84. The molecule has 1 aromatic carbocycles. The summed E-state index contributed by atoms with van der Waals surface area (Å²) in [5, 5.41) is 17.3. The molecule has 0 spiro atoms. The van der Waals surface area contributed by atoms with Gasteiger partial charge in [-0.15, -0.1) is 0 Å². The van der Waals surface area contributed by atoms with Gasteiger partial charge in [0.15, 0.2) is 5.84 Å². The van der Waals surface area contributed by atoms with Crippen molar-refractivity contribution in [1.82, 2.24) is 30.2 Å². The smallest absolute Gasteiger partial charge is 0.273 e. The zero-order valence-electron chi connectivity index (χ0n) is 19.6. The van der Waals surface area contributed by atoms with Gasteiger partial charge < -0.3 is 0 Å². The standard InChI is InChI=1S/C25H22N8O3/c1-15(2)26-29-24(35)17-14-18(30-33(25(17)36)20-11-12-21(34)28-27-20)22-19-10-6-7-13-32(19)31-23(22)16-8-4-3-5-9-16/h3-10,13-14H,11-12H2,1-2H3,(H,28,34)(H,29,35). The van der Waals surface area contributed by atoms with E-state index in [1.165, 1.54) is 6.07 Å². The second-order valence-corrected chi connectivity index (χ2v) is 8.34. The summed E-state index contributed by atoms with van der Waals surface area (Å²) in [6, 6.07) is 16.6. The van der Waals surface area contributed by atoms with Crippen molar-refractivity contribution >= 4 is 28.9 Å². The molecule has 4 aromatic rings. The number of carbonyl (C=O) groups is 2. The van der Waals surface area contributed by atoms with Crippen molar-refractivity contribution in [3.63, 3.8) is 0 Å². The second kappa shape index (κ2) is 9.37. The Kier molecular flexibility index (Phi) is 5.95. The van der Waals surface area contributed by atoms with Gasteiger partial charge in [0.2, 0.25) is 5.91 Å². The van der Waals surface area contributed by atoms with E-state index in [0.29, 0.717) is 22.7 Å². The Labute approximate surface area is 205 Å². The number of carbonyl (C=O) groups excluding carboxylic acids is 2. The summed E-state index contributed by atoms with van der Waals surface area (Å²) in [6.45, 7) is 3.45. The average Bonchev–Trinajstić information content (AvgIpc) is 3.28. The third-order valence-corrected chi connectivity index (χ3v) is 5.51. The maximum absolute atomic E-state index is 13.4. The molecule has 1 aliphatic rings. The highest BCUT2D eigenvalue weighted by molar-refractivity contribution is 5.99. The SMILES string of the molecule is CC(C)=NNC(=O)c1cc(-c2c(-c3ccccc3)nn3ccccc23)nn(C2=NNC(=O)CC2)c1=O. The van der Waals surface area contributed by atoms with Crippen LogP contribution in [0.15, 0.2) is 75.8 Å². The van der Waals surface area contributed by atoms with Gasteiger partial charge >= 0.3 is 0 Å². The number of amides is 2. The van der Waals surface area contributed by atoms with Crippen LogP contribution < -0.4 is 16.4 Å². The Morgan fingerprint density at radius 1 is 1.03 bits per heavy atom. The van der Waals surface area contributed by atoms with Gasteiger partial charge in [0.1, 0.15) is 11.3 Å². The lowest BCUT2D eigenvalue weighted by Crippen LogP contribution is -2.39. The van der Waals surface area contributed by atoms with Crippen LogP contribution in [0.5, 0.6) is 0 Å². The van der Waals surface area contributed by atoms with Gasteiger partial charge in [-0.25, -0.2) is 15.4 Å². The molecule has 11 nitrogen and oxygen atoms in total. The van der Waals surface area contributed by atoms with Gasteiger partial charge in [0, 0.05) is 30.3 Å². The van der Waals surface area contributed by atoms with Gasteiger partial charge in [-0.05, 0) is 32.0 Å². The number of rotatable bonds is 4. The van der Waals surface area contributed by atoms with Gasteiger partial charge in [0.25, 0.3) is 11.5 Å². The summed E-state index contributed by atoms with van der Waals surface area (Å²) >= 11 is 0. The molecule has 0 radical (unpaired) electrons. The Morgan fingerprint density at radius 2 is 1.81 bits per heavy atom. The van der Waals surface area contributed by atoms with Crippen LogP contribution in [-0.4, -0.2) is 42.8 Å². The predicted molar refractivity (Wildman–Crippen MR) is 135 cm³/mol. The number of benzene rings is 1. The molecule has 5 rings (SSSR count). The van der Waals surface area contributed by atoms with Crippen molar-refractivity contribution < 1.29 is 9.59 Å². The molecule has 0 aliphatic carbocycles. The monoisotopic (exact) mass is 482 g/mol. The predicted octanol–water partition coefficient (Wildman–Crippen LogP) is 2.42. The van der Waals surface area contributed by atoms with Crippen molar-refractivity contribution in [2.75, 3.05) is 0 Å². The summed E-state index contributed by atoms with van der Waals surface area (Å²) in [6.07, 6.45) is 2.15. The van der Waals surface area contributed by atoms with Crippen molar-refractivity contribution in [1.29, 1.82) is 0 Å². The van der Waals surface area contributed by atoms with Crippen molar-refractivity contribution in [3.8, 4) is 22.5 Å². The van der Waals surface area contributed by atoms with Gasteiger partial charge in [-0.3, -0.25) is 14.4 Å². The summed E-state index contributed by atoms with van der Waals surface area (Å²) in [5.74, 6) is -0.720. The molecule has 0 saturated heterocycles. The molecule has 0 bridgehead atoms. The molecule has 2 N–H and O–H groups in total. The van der Waals surface area contributed by atoms with Crippen LogP contribution in [0, 0.1) is 0 Å². The minimum atomic E-state index is -0.684. The first-order valence-corrected chi connectivity index (χ1v) is 11.3. The Bertz CT molecular complexity index is 1610. The van der Waals surface area contributed by atoms with Crippen molar-refractivity contribution in [2.45, 2.75) is 26.7 Å². The lowest BCUT2D eigenvalue weighted by Gasteiger charge is -2.15. The third kappa shape index (κ3) is 4.29. The number of hydrogen-bond donors (Lipinski definition) is 2. The van der Waals surface area contributed by atoms with Crippen molar-refractivity contribution in [2.24, 2.45) is 10.2 Å². The zero-order valence-corrected chi connectivity index (χ0v) is 19.6. The largest absolute Gasteiger partial charge is 0.285 e. The molecule has 0 saturated carbocycles. The maximum atomic E-state index is 13.4. The molecular formula is C25H22N8O3. The van der Waals surface area contributed by atoms with Crippen LogP contribution in [0.3, 0.4) is 0 Å². The average molecular weight is 483 g/mol. The topological polar surface area (TPSA) is 135 Å². The van der Waals surface area contributed by atoms with E-state index in [1.54, 1.807) is 18.4 Å². The molecule has 0 unspecified atom stereocenters. The molecule has 180 valence electrons. The quantitative estimate of drug-likeness (QED) is 0.340. The normalized spacial score (nSPS) is 13.2. The van der Waals surface area contributed by atoms with Crippen LogP contribution >= 0.6 is 0 Å². The molecule has 0 fully saturated rings. The van der Waals surface area contributed by atoms with Crippen LogP contribution in [0.2, 0.25) is 0 Å². The van der Waals surface area contributed by atoms with E-state index in [9.17, 15) is 14.4 Å². The van der Waals surface area contributed by atoms with E-state index in [0.717, 1.165) is 15.8 Å². The number of aromatic nitrogens is 4. The minimum Gasteiger partial charge on any atom is -0.273 e. The maximum Gasteiger partial charge on any atom is 0.285 e. The summed E-state index contributed by atoms with van der Waals surface area (Å²) in [5.41, 5.74) is 7.76. The van der Waals surface area contributed by atoms with Gasteiger partial charge in [-0.1, -0.05) is 36.4 Å². The molecule has 0 atom stereocenters. The highest BCUT2D eigenvalue weighted by Crippen LogP contribution is 2.34. The molecule has 36 heavy (non-hydrogen) atoms. The van der Waals surface area contributed by atoms with E-state index in [1.807, 2.05) is 54.7 Å². The fraction of sp³-hybridized carbons (Fsp3) is 0.160. The molecule has 1 aliphatic heterocycles. The molecular weight excluding hydrogens is 460 g/mol. The van der Waals surface area contributed by atoms with Crippen LogP contribution in [0.1, 0.15) is 37.0 Å². The second-order valence-electron chi connectivity index (χ2n) is 8.34. The number of pyridine rings is 1. The Morgan fingerprint density at radius 3 is 2.53 bits per heavy atom. The molecule has 3 aromatic heterocycles. The zero-order chi connectivity index (χ0) is 25.2. The Hall–Kier alpha value is -4.93. The first-order chi connectivity index (χ1) is 17.4. The van der Waals surface area contributed by atoms with Crippen LogP contribution in [0.4, 0.5) is 0 Å².